The van der Waals surface area contributed by atoms with E-state index in [2.05, 4.69) is 0 Å². The van der Waals surface area contributed by atoms with Crippen molar-refractivity contribution >= 4 is 53.1 Å². The standard InChI is InChI=1S/C22H24ClFN2O2S.ClH/c1-2-3-4-5-20(27)16-10-19-21(11-17(16)24)29-13-18(25)22(28)26(19)12-14-6-8-15(23)9-7-14;/h6-11,18H,2-5,12-13,25H2,1H3;1H/t18-;/m0./s1. The van der Waals surface area contributed by atoms with Crippen LogP contribution in [0.3, 0.4) is 0 Å². The lowest BCUT2D eigenvalue weighted by atomic mass is 10.0. The SMILES string of the molecule is CCCCCC(=O)c1cc2c(cc1F)SC[C@H](N)C(=O)N2Cc1ccc(Cl)cc1.Cl. The molecule has 0 aromatic heterocycles. The molecular formula is C22H25Cl2FN2O2S. The fourth-order valence-electron chi connectivity index (χ4n) is 3.26. The molecule has 0 saturated carbocycles. The number of Topliss-reactive ketones (excluding diaryl/α,β-unsaturated/α-hetero) is 1. The normalized spacial score (nSPS) is 15.9. The van der Waals surface area contributed by atoms with E-state index in [1.807, 2.05) is 19.1 Å². The first-order chi connectivity index (χ1) is 13.9. The van der Waals surface area contributed by atoms with Crippen LogP contribution in [0.1, 0.15) is 48.5 Å². The van der Waals surface area contributed by atoms with Crippen LogP contribution < -0.4 is 10.6 Å². The molecule has 4 nitrogen and oxygen atoms in total. The second-order valence-electron chi connectivity index (χ2n) is 7.15. The molecule has 0 saturated heterocycles. The van der Waals surface area contributed by atoms with E-state index in [-0.39, 0.29) is 36.2 Å². The number of rotatable bonds is 7. The first kappa shape index (κ1) is 24.7. The third-order valence-electron chi connectivity index (χ3n) is 4.90. The summed E-state index contributed by atoms with van der Waals surface area (Å²) >= 11 is 7.29. The molecule has 1 heterocycles. The summed E-state index contributed by atoms with van der Waals surface area (Å²) in [6.45, 7) is 2.32. The molecule has 0 fully saturated rings. The van der Waals surface area contributed by atoms with Crippen LogP contribution in [-0.4, -0.2) is 23.5 Å². The Kier molecular flexibility index (Phi) is 9.16. The van der Waals surface area contributed by atoms with Gasteiger partial charge in [-0.1, -0.05) is 43.5 Å². The topological polar surface area (TPSA) is 63.4 Å². The van der Waals surface area contributed by atoms with Gasteiger partial charge in [-0.25, -0.2) is 4.39 Å². The number of benzene rings is 2. The predicted molar refractivity (Wildman–Crippen MR) is 123 cm³/mol. The molecule has 1 aliphatic heterocycles. The average molecular weight is 471 g/mol. The van der Waals surface area contributed by atoms with Gasteiger partial charge in [0.1, 0.15) is 5.82 Å². The molecule has 0 bridgehead atoms. The maximum atomic E-state index is 14.7. The van der Waals surface area contributed by atoms with E-state index in [9.17, 15) is 14.0 Å². The van der Waals surface area contributed by atoms with E-state index in [1.165, 1.54) is 23.9 Å². The van der Waals surface area contributed by atoms with Crippen LogP contribution in [0.25, 0.3) is 0 Å². The number of nitrogens with two attached hydrogens (primary N) is 1. The molecule has 1 aliphatic rings. The van der Waals surface area contributed by atoms with Crippen molar-refractivity contribution in [1.82, 2.24) is 0 Å². The minimum atomic E-state index is -0.702. The Hall–Kier alpha value is -1.60. The van der Waals surface area contributed by atoms with Gasteiger partial charge in [0.2, 0.25) is 5.91 Å². The van der Waals surface area contributed by atoms with Gasteiger partial charge >= 0.3 is 0 Å². The highest BCUT2D eigenvalue weighted by molar-refractivity contribution is 7.99. The lowest BCUT2D eigenvalue weighted by molar-refractivity contribution is -0.119. The second-order valence-corrected chi connectivity index (χ2v) is 8.65. The fraction of sp³-hybridized carbons (Fsp3) is 0.364. The van der Waals surface area contributed by atoms with E-state index >= 15 is 0 Å². The van der Waals surface area contributed by atoms with Crippen LogP contribution in [0.5, 0.6) is 0 Å². The van der Waals surface area contributed by atoms with Crippen molar-refractivity contribution in [1.29, 1.82) is 0 Å². The van der Waals surface area contributed by atoms with Crippen LogP contribution in [0.4, 0.5) is 10.1 Å². The number of thioether (sulfide) groups is 1. The van der Waals surface area contributed by atoms with E-state index in [4.69, 9.17) is 17.3 Å². The number of halogens is 3. The highest BCUT2D eigenvalue weighted by atomic mass is 35.5. The van der Waals surface area contributed by atoms with Gasteiger partial charge in [-0.15, -0.1) is 24.2 Å². The Morgan fingerprint density at radius 3 is 2.63 bits per heavy atom. The van der Waals surface area contributed by atoms with Crippen LogP contribution in [0.15, 0.2) is 41.3 Å². The minimum absolute atomic E-state index is 0. The Balaban J connectivity index is 0.00000320. The zero-order valence-corrected chi connectivity index (χ0v) is 19.1. The zero-order valence-electron chi connectivity index (χ0n) is 16.7. The second kappa shape index (κ2) is 11.1. The number of ketones is 1. The van der Waals surface area contributed by atoms with Crippen LogP contribution in [-0.2, 0) is 11.3 Å². The molecule has 0 unspecified atom stereocenters. The molecule has 3 rings (SSSR count). The smallest absolute Gasteiger partial charge is 0.245 e. The number of unbranched alkanes of at least 4 members (excludes halogenated alkanes) is 2. The number of amides is 1. The lowest BCUT2D eigenvalue weighted by Gasteiger charge is -2.25. The molecule has 30 heavy (non-hydrogen) atoms. The number of anilines is 1. The fourth-order valence-corrected chi connectivity index (χ4v) is 4.39. The molecule has 8 heteroatoms. The summed E-state index contributed by atoms with van der Waals surface area (Å²) in [6.07, 6.45) is 2.92. The van der Waals surface area contributed by atoms with Gasteiger partial charge in [0, 0.05) is 22.1 Å². The maximum Gasteiger partial charge on any atom is 0.245 e. The van der Waals surface area contributed by atoms with Gasteiger partial charge in [0.05, 0.1) is 23.8 Å². The number of hydrogen-bond acceptors (Lipinski definition) is 4. The third kappa shape index (κ3) is 5.76. The molecule has 0 spiro atoms. The Morgan fingerprint density at radius 2 is 1.97 bits per heavy atom. The molecule has 2 aromatic rings. The molecule has 162 valence electrons. The molecule has 0 radical (unpaired) electrons. The lowest BCUT2D eigenvalue weighted by Crippen LogP contribution is -2.44. The number of fused-ring (bicyclic) bond motifs is 1. The van der Waals surface area contributed by atoms with Crippen molar-refractivity contribution in [3.8, 4) is 0 Å². The predicted octanol–water partition coefficient (Wildman–Crippen LogP) is 5.63. The quantitative estimate of drug-likeness (QED) is 0.420. The zero-order chi connectivity index (χ0) is 21.0. The van der Waals surface area contributed by atoms with Gasteiger partial charge < -0.3 is 10.6 Å². The summed E-state index contributed by atoms with van der Waals surface area (Å²) in [4.78, 5) is 27.7. The van der Waals surface area contributed by atoms with Gasteiger partial charge in [0.25, 0.3) is 0 Å². The Morgan fingerprint density at radius 1 is 1.27 bits per heavy atom. The first-order valence-electron chi connectivity index (χ1n) is 9.71. The highest BCUT2D eigenvalue weighted by Gasteiger charge is 2.30. The largest absolute Gasteiger partial charge is 0.319 e. The third-order valence-corrected chi connectivity index (χ3v) is 6.32. The van der Waals surface area contributed by atoms with Crippen LogP contribution >= 0.6 is 35.8 Å². The van der Waals surface area contributed by atoms with Crippen molar-refractivity contribution in [2.75, 3.05) is 10.7 Å². The van der Waals surface area contributed by atoms with E-state index in [1.54, 1.807) is 17.0 Å². The van der Waals surface area contributed by atoms with Crippen LogP contribution in [0.2, 0.25) is 5.02 Å². The van der Waals surface area contributed by atoms with E-state index in [0.717, 1.165) is 24.8 Å². The molecule has 2 N–H and O–H groups in total. The number of hydrogen-bond donors (Lipinski definition) is 1. The van der Waals surface area contributed by atoms with Gasteiger partial charge in [-0.2, -0.15) is 0 Å². The summed E-state index contributed by atoms with van der Waals surface area (Å²) in [6, 6.07) is 9.33. The number of carbonyl (C=O) groups is 2. The van der Waals surface area contributed by atoms with Gasteiger partial charge in [-0.3, -0.25) is 9.59 Å². The number of nitrogens with zero attached hydrogens (tertiary/aromatic N) is 1. The van der Waals surface area contributed by atoms with E-state index in [0.29, 0.717) is 27.8 Å². The Bertz CT molecular complexity index is 909. The first-order valence-corrected chi connectivity index (χ1v) is 11.1. The summed E-state index contributed by atoms with van der Waals surface area (Å²) < 4.78 is 14.7. The minimum Gasteiger partial charge on any atom is -0.319 e. The van der Waals surface area contributed by atoms with Crippen molar-refractivity contribution in [2.45, 2.75) is 50.1 Å². The summed E-state index contributed by atoms with van der Waals surface area (Å²) in [7, 11) is 0. The van der Waals surface area contributed by atoms with E-state index < -0.39 is 11.9 Å². The van der Waals surface area contributed by atoms with Crippen LogP contribution in [0, 0.1) is 5.82 Å². The average Bonchev–Trinajstić information content (AvgIpc) is 2.81. The number of carbonyl (C=O) groups excluding carboxylic acids is 2. The molecule has 1 amide bonds. The summed E-state index contributed by atoms with van der Waals surface area (Å²) in [5.74, 6) is -0.683. The maximum absolute atomic E-state index is 14.7. The Labute approximate surface area is 191 Å². The molecule has 0 aliphatic carbocycles. The molecular weight excluding hydrogens is 446 g/mol. The van der Waals surface area contributed by atoms with Gasteiger partial charge in [-0.05, 0) is 36.2 Å². The van der Waals surface area contributed by atoms with Crippen molar-refractivity contribution in [3.05, 3.63) is 58.4 Å². The van der Waals surface area contributed by atoms with Crippen molar-refractivity contribution in [3.63, 3.8) is 0 Å². The van der Waals surface area contributed by atoms with Crippen molar-refractivity contribution < 1.29 is 14.0 Å². The highest BCUT2D eigenvalue weighted by Crippen LogP contribution is 2.37. The molecule has 1 atom stereocenters. The summed E-state index contributed by atoms with van der Waals surface area (Å²) in [5.41, 5.74) is 7.48. The summed E-state index contributed by atoms with van der Waals surface area (Å²) in [5, 5.41) is 0.602. The molecule has 2 aromatic carbocycles. The monoisotopic (exact) mass is 470 g/mol. The van der Waals surface area contributed by atoms with Gasteiger partial charge in [0.15, 0.2) is 5.78 Å². The van der Waals surface area contributed by atoms with Crippen molar-refractivity contribution in [2.24, 2.45) is 5.73 Å².